The third-order valence-electron chi connectivity index (χ3n) is 3.10. The summed E-state index contributed by atoms with van der Waals surface area (Å²) in [6.45, 7) is 0. The number of nitrogens with zero attached hydrogens (tertiary/aromatic N) is 1. The molecule has 0 aromatic carbocycles. The van der Waals surface area contributed by atoms with Crippen molar-refractivity contribution >= 4 is 7.12 Å². The molecule has 2 atom stereocenters. The standard InChI is InChI=1S/C8H14BNO2/c1-10-7-2-3-8(10)5-6(4-7)9(11)12/h4,7-8,11-12H,2-3,5H2,1H3. The summed E-state index contributed by atoms with van der Waals surface area (Å²) in [5.41, 5.74) is 0.806. The molecule has 2 rings (SSSR count). The second-order valence-electron chi connectivity index (χ2n) is 3.78. The van der Waals surface area contributed by atoms with Gasteiger partial charge in [-0.2, -0.15) is 0 Å². The lowest BCUT2D eigenvalue weighted by Crippen LogP contribution is -2.37. The van der Waals surface area contributed by atoms with Crippen LogP contribution in [0.5, 0.6) is 0 Å². The van der Waals surface area contributed by atoms with Crippen LogP contribution in [0.15, 0.2) is 11.5 Å². The molecule has 0 saturated carbocycles. The Morgan fingerprint density at radius 1 is 1.50 bits per heavy atom. The summed E-state index contributed by atoms with van der Waals surface area (Å²) in [7, 11) is 0.876. The van der Waals surface area contributed by atoms with Gasteiger partial charge in [-0.15, -0.1) is 0 Å². The highest BCUT2D eigenvalue weighted by molar-refractivity contribution is 6.50. The van der Waals surface area contributed by atoms with E-state index >= 15 is 0 Å². The van der Waals surface area contributed by atoms with E-state index in [2.05, 4.69) is 11.9 Å². The molecule has 12 heavy (non-hydrogen) atoms. The second-order valence-corrected chi connectivity index (χ2v) is 3.78. The second kappa shape index (κ2) is 2.87. The van der Waals surface area contributed by atoms with E-state index in [0.29, 0.717) is 12.1 Å². The third-order valence-corrected chi connectivity index (χ3v) is 3.10. The zero-order valence-corrected chi connectivity index (χ0v) is 7.27. The number of hydrogen-bond acceptors (Lipinski definition) is 3. The summed E-state index contributed by atoms with van der Waals surface area (Å²) < 4.78 is 0. The highest BCUT2D eigenvalue weighted by Gasteiger charge is 2.36. The van der Waals surface area contributed by atoms with Gasteiger partial charge in [-0.1, -0.05) is 6.08 Å². The predicted molar refractivity (Wildman–Crippen MR) is 47.5 cm³/mol. The Labute approximate surface area is 72.8 Å². The predicted octanol–water partition coefficient (Wildman–Crippen LogP) is -0.209. The van der Waals surface area contributed by atoms with E-state index in [-0.39, 0.29) is 0 Å². The van der Waals surface area contributed by atoms with Gasteiger partial charge in [-0.25, -0.2) is 0 Å². The Morgan fingerprint density at radius 2 is 2.25 bits per heavy atom. The van der Waals surface area contributed by atoms with Crippen molar-refractivity contribution in [2.24, 2.45) is 0 Å². The van der Waals surface area contributed by atoms with Gasteiger partial charge < -0.3 is 10.0 Å². The maximum Gasteiger partial charge on any atom is 0.483 e. The zero-order chi connectivity index (χ0) is 8.72. The molecule has 2 heterocycles. The van der Waals surface area contributed by atoms with Crippen molar-refractivity contribution in [3.05, 3.63) is 11.5 Å². The fourth-order valence-electron chi connectivity index (χ4n) is 2.27. The molecule has 3 nitrogen and oxygen atoms in total. The normalized spacial score (nSPS) is 35.1. The van der Waals surface area contributed by atoms with Crippen molar-refractivity contribution in [2.45, 2.75) is 31.3 Å². The topological polar surface area (TPSA) is 43.7 Å². The van der Waals surface area contributed by atoms with Crippen molar-refractivity contribution in [1.29, 1.82) is 0 Å². The van der Waals surface area contributed by atoms with Gasteiger partial charge >= 0.3 is 7.12 Å². The monoisotopic (exact) mass is 167 g/mol. The summed E-state index contributed by atoms with van der Waals surface area (Å²) in [5, 5.41) is 18.0. The van der Waals surface area contributed by atoms with Crippen LogP contribution in [0, 0.1) is 0 Å². The SMILES string of the molecule is CN1C2C=C(B(O)O)CC1CC2. The van der Waals surface area contributed by atoms with Gasteiger partial charge in [0.05, 0.1) is 0 Å². The van der Waals surface area contributed by atoms with Crippen molar-refractivity contribution in [2.75, 3.05) is 7.05 Å². The molecule has 2 unspecified atom stereocenters. The van der Waals surface area contributed by atoms with Crippen LogP contribution in [0.2, 0.25) is 0 Å². The molecule has 4 heteroatoms. The third kappa shape index (κ3) is 1.20. The van der Waals surface area contributed by atoms with Gasteiger partial charge in [-0.05, 0) is 31.8 Å². The zero-order valence-electron chi connectivity index (χ0n) is 7.27. The fraction of sp³-hybridized carbons (Fsp3) is 0.750. The van der Waals surface area contributed by atoms with E-state index in [0.717, 1.165) is 18.3 Å². The molecular formula is C8H14BNO2. The van der Waals surface area contributed by atoms with Crippen LogP contribution < -0.4 is 0 Å². The lowest BCUT2D eigenvalue weighted by Gasteiger charge is -2.30. The average Bonchev–Trinajstić information content (AvgIpc) is 2.30. The number of fused-ring (bicyclic) bond motifs is 2. The van der Waals surface area contributed by atoms with E-state index in [4.69, 9.17) is 10.0 Å². The molecule has 1 fully saturated rings. The maximum absolute atomic E-state index is 9.00. The van der Waals surface area contributed by atoms with E-state index < -0.39 is 7.12 Å². The quantitative estimate of drug-likeness (QED) is 0.531. The van der Waals surface area contributed by atoms with Crippen LogP contribution in [-0.2, 0) is 0 Å². The van der Waals surface area contributed by atoms with E-state index in [1.54, 1.807) is 0 Å². The lowest BCUT2D eigenvalue weighted by molar-refractivity contribution is 0.254. The van der Waals surface area contributed by atoms with Gasteiger partial charge in [0.1, 0.15) is 0 Å². The van der Waals surface area contributed by atoms with Gasteiger partial charge in [0.15, 0.2) is 0 Å². The molecule has 0 radical (unpaired) electrons. The van der Waals surface area contributed by atoms with Crippen LogP contribution in [0.3, 0.4) is 0 Å². The van der Waals surface area contributed by atoms with E-state index in [1.165, 1.54) is 6.42 Å². The Balaban J connectivity index is 2.18. The van der Waals surface area contributed by atoms with Crippen LogP contribution >= 0.6 is 0 Å². The lowest BCUT2D eigenvalue weighted by atomic mass is 9.74. The van der Waals surface area contributed by atoms with Gasteiger partial charge in [-0.3, -0.25) is 4.90 Å². The van der Waals surface area contributed by atoms with Gasteiger partial charge in [0.2, 0.25) is 0 Å². The van der Waals surface area contributed by atoms with Crippen LogP contribution in [0.25, 0.3) is 0 Å². The summed E-state index contributed by atoms with van der Waals surface area (Å²) in [4.78, 5) is 2.33. The highest BCUT2D eigenvalue weighted by Crippen LogP contribution is 2.33. The van der Waals surface area contributed by atoms with Gasteiger partial charge in [0.25, 0.3) is 0 Å². The molecule has 2 aliphatic rings. The first-order valence-electron chi connectivity index (χ1n) is 4.47. The molecule has 2 N–H and O–H groups in total. The van der Waals surface area contributed by atoms with Crippen LogP contribution in [0.4, 0.5) is 0 Å². The Kier molecular flexibility index (Phi) is 1.98. The average molecular weight is 167 g/mol. The summed E-state index contributed by atoms with van der Waals surface area (Å²) in [6.07, 6.45) is 5.18. The molecule has 66 valence electrons. The molecule has 2 bridgehead atoms. The van der Waals surface area contributed by atoms with Crippen LogP contribution in [-0.4, -0.2) is 41.2 Å². The number of likely N-dealkylation sites (N-methyl/N-ethyl adjacent to an activating group) is 1. The highest BCUT2D eigenvalue weighted by atomic mass is 16.4. The molecule has 0 aromatic heterocycles. The largest absolute Gasteiger partial charge is 0.483 e. The first-order chi connectivity index (χ1) is 5.68. The van der Waals surface area contributed by atoms with Crippen molar-refractivity contribution in [3.8, 4) is 0 Å². The van der Waals surface area contributed by atoms with Crippen molar-refractivity contribution in [1.82, 2.24) is 4.90 Å². The summed E-state index contributed by atoms with van der Waals surface area (Å²) in [6, 6.07) is 0.984. The van der Waals surface area contributed by atoms with E-state index in [9.17, 15) is 0 Å². The molecule has 0 aromatic rings. The Morgan fingerprint density at radius 3 is 2.83 bits per heavy atom. The van der Waals surface area contributed by atoms with E-state index in [1.807, 2.05) is 6.08 Å². The first kappa shape index (κ1) is 8.29. The molecule has 0 amide bonds. The molecular weight excluding hydrogens is 153 g/mol. The number of hydrogen-bond donors (Lipinski definition) is 2. The minimum Gasteiger partial charge on any atom is -0.423 e. The number of rotatable bonds is 1. The minimum absolute atomic E-state index is 0.445. The summed E-state index contributed by atoms with van der Waals surface area (Å²) >= 11 is 0. The molecule has 0 spiro atoms. The molecule has 1 saturated heterocycles. The Bertz CT molecular complexity index is 217. The molecule has 0 aliphatic carbocycles. The maximum atomic E-state index is 9.00. The molecule has 2 aliphatic heterocycles. The summed E-state index contributed by atoms with van der Waals surface area (Å²) in [5.74, 6) is 0. The smallest absolute Gasteiger partial charge is 0.423 e. The van der Waals surface area contributed by atoms with Crippen molar-refractivity contribution < 1.29 is 10.0 Å². The Hall–Kier alpha value is -0.315. The fourth-order valence-corrected chi connectivity index (χ4v) is 2.27. The van der Waals surface area contributed by atoms with Crippen molar-refractivity contribution in [3.63, 3.8) is 0 Å². The van der Waals surface area contributed by atoms with Gasteiger partial charge in [0, 0.05) is 12.1 Å². The first-order valence-corrected chi connectivity index (χ1v) is 4.47. The van der Waals surface area contributed by atoms with Crippen LogP contribution in [0.1, 0.15) is 19.3 Å². The minimum atomic E-state index is -1.23.